The molecule has 0 aliphatic rings. The quantitative estimate of drug-likeness (QED) is 0.660. The fraction of sp³-hybridized carbons (Fsp3) is 0.0625. The van der Waals surface area contributed by atoms with Gasteiger partial charge >= 0.3 is 0 Å². The fourth-order valence-electron chi connectivity index (χ4n) is 1.75. The smallest absolute Gasteiger partial charge is 0.248 e. The van der Waals surface area contributed by atoms with Crippen molar-refractivity contribution in [1.29, 1.82) is 0 Å². The van der Waals surface area contributed by atoms with Gasteiger partial charge in [-0.3, -0.25) is 4.79 Å². The van der Waals surface area contributed by atoms with Gasteiger partial charge in [-0.2, -0.15) is 0 Å². The van der Waals surface area contributed by atoms with E-state index in [0.29, 0.717) is 5.69 Å². The standard InChI is InChI=1S/C16H15BrN2O/c1-11-10-14(18)7-8-15(11)19-16(20)9-4-12-2-5-13(17)6-3-12/h2-10H,18H2,1H3,(H,19,20)/b9-4+. The van der Waals surface area contributed by atoms with Crippen LogP contribution in [0.2, 0.25) is 0 Å². The molecule has 2 aromatic rings. The minimum Gasteiger partial charge on any atom is -0.399 e. The second-order valence-corrected chi connectivity index (χ2v) is 5.36. The van der Waals surface area contributed by atoms with Crippen LogP contribution in [0.25, 0.3) is 6.08 Å². The van der Waals surface area contributed by atoms with Crippen LogP contribution in [0.5, 0.6) is 0 Å². The molecule has 0 unspecified atom stereocenters. The number of halogens is 1. The molecule has 0 bridgehead atoms. The number of anilines is 2. The molecule has 1 amide bonds. The van der Waals surface area contributed by atoms with Crippen LogP contribution in [-0.2, 0) is 4.79 Å². The van der Waals surface area contributed by atoms with E-state index < -0.39 is 0 Å². The molecule has 0 radical (unpaired) electrons. The molecule has 0 aliphatic heterocycles. The maximum absolute atomic E-state index is 11.9. The zero-order chi connectivity index (χ0) is 14.5. The molecule has 0 heterocycles. The predicted octanol–water partition coefficient (Wildman–Crippen LogP) is 3.99. The lowest BCUT2D eigenvalue weighted by atomic mass is 10.1. The average molecular weight is 331 g/mol. The van der Waals surface area contributed by atoms with Crippen molar-refractivity contribution in [2.24, 2.45) is 0 Å². The number of rotatable bonds is 3. The Bertz CT molecular complexity index is 648. The van der Waals surface area contributed by atoms with Crippen molar-refractivity contribution in [3.8, 4) is 0 Å². The monoisotopic (exact) mass is 330 g/mol. The third-order valence-corrected chi connectivity index (χ3v) is 3.33. The van der Waals surface area contributed by atoms with Crippen LogP contribution in [0.1, 0.15) is 11.1 Å². The van der Waals surface area contributed by atoms with E-state index >= 15 is 0 Å². The van der Waals surface area contributed by atoms with E-state index in [1.54, 1.807) is 18.2 Å². The van der Waals surface area contributed by atoms with Crippen molar-refractivity contribution >= 4 is 39.3 Å². The Morgan fingerprint density at radius 1 is 1.20 bits per heavy atom. The van der Waals surface area contributed by atoms with Crippen molar-refractivity contribution in [2.75, 3.05) is 11.1 Å². The van der Waals surface area contributed by atoms with Gasteiger partial charge < -0.3 is 11.1 Å². The molecule has 0 saturated heterocycles. The summed E-state index contributed by atoms with van der Waals surface area (Å²) in [5, 5.41) is 2.83. The molecule has 20 heavy (non-hydrogen) atoms. The Morgan fingerprint density at radius 2 is 1.90 bits per heavy atom. The average Bonchev–Trinajstić information content (AvgIpc) is 2.41. The highest BCUT2D eigenvalue weighted by molar-refractivity contribution is 9.10. The van der Waals surface area contributed by atoms with Crippen LogP contribution in [0.15, 0.2) is 53.0 Å². The molecule has 0 atom stereocenters. The Kier molecular flexibility index (Phi) is 4.58. The summed E-state index contributed by atoms with van der Waals surface area (Å²) in [5.74, 6) is -0.166. The first-order valence-corrected chi connectivity index (χ1v) is 6.94. The number of carbonyl (C=O) groups excluding carboxylic acids is 1. The van der Waals surface area contributed by atoms with Crippen molar-refractivity contribution in [2.45, 2.75) is 6.92 Å². The van der Waals surface area contributed by atoms with E-state index in [1.165, 1.54) is 6.08 Å². The zero-order valence-electron chi connectivity index (χ0n) is 11.1. The number of hydrogen-bond donors (Lipinski definition) is 2. The number of nitrogens with two attached hydrogens (primary N) is 1. The number of aryl methyl sites for hydroxylation is 1. The van der Waals surface area contributed by atoms with Gasteiger partial charge in [-0.15, -0.1) is 0 Å². The van der Waals surface area contributed by atoms with Gasteiger partial charge in [-0.05, 0) is 54.5 Å². The molecule has 2 aromatic carbocycles. The molecule has 3 N–H and O–H groups in total. The van der Waals surface area contributed by atoms with Crippen LogP contribution < -0.4 is 11.1 Å². The summed E-state index contributed by atoms with van der Waals surface area (Å²) in [6, 6.07) is 13.1. The molecule has 0 saturated carbocycles. The minimum atomic E-state index is -0.166. The van der Waals surface area contributed by atoms with Crippen LogP contribution in [0.4, 0.5) is 11.4 Å². The number of nitrogens with one attached hydrogen (secondary N) is 1. The van der Waals surface area contributed by atoms with E-state index in [2.05, 4.69) is 21.2 Å². The fourth-order valence-corrected chi connectivity index (χ4v) is 2.01. The molecule has 2 rings (SSSR count). The van der Waals surface area contributed by atoms with Crippen LogP contribution in [-0.4, -0.2) is 5.91 Å². The highest BCUT2D eigenvalue weighted by atomic mass is 79.9. The van der Waals surface area contributed by atoms with Gasteiger partial charge in [0.15, 0.2) is 0 Å². The molecular weight excluding hydrogens is 316 g/mol. The normalized spacial score (nSPS) is 10.7. The Hall–Kier alpha value is -2.07. The third kappa shape index (κ3) is 3.96. The summed E-state index contributed by atoms with van der Waals surface area (Å²) in [7, 11) is 0. The van der Waals surface area contributed by atoms with Crippen molar-refractivity contribution < 1.29 is 4.79 Å². The van der Waals surface area contributed by atoms with E-state index in [-0.39, 0.29) is 5.91 Å². The van der Waals surface area contributed by atoms with Gasteiger partial charge in [0.25, 0.3) is 0 Å². The molecule has 4 heteroatoms. The largest absolute Gasteiger partial charge is 0.399 e. The van der Waals surface area contributed by atoms with Crippen molar-refractivity contribution in [3.05, 3.63) is 64.1 Å². The zero-order valence-corrected chi connectivity index (χ0v) is 12.6. The van der Waals surface area contributed by atoms with E-state index in [0.717, 1.165) is 21.3 Å². The molecular formula is C16H15BrN2O. The van der Waals surface area contributed by atoms with Crippen LogP contribution in [0.3, 0.4) is 0 Å². The number of hydrogen-bond acceptors (Lipinski definition) is 2. The molecule has 102 valence electrons. The van der Waals surface area contributed by atoms with Gasteiger partial charge in [0.1, 0.15) is 0 Å². The Balaban J connectivity index is 2.03. The summed E-state index contributed by atoms with van der Waals surface area (Å²) < 4.78 is 1.01. The molecule has 0 spiro atoms. The summed E-state index contributed by atoms with van der Waals surface area (Å²) in [4.78, 5) is 11.9. The summed E-state index contributed by atoms with van der Waals surface area (Å²) >= 11 is 3.37. The lowest BCUT2D eigenvalue weighted by Gasteiger charge is -2.06. The predicted molar refractivity (Wildman–Crippen MR) is 87.4 cm³/mol. The second kappa shape index (κ2) is 6.39. The lowest BCUT2D eigenvalue weighted by Crippen LogP contribution is -2.09. The summed E-state index contributed by atoms with van der Waals surface area (Å²) in [6.45, 7) is 1.91. The molecule has 0 aliphatic carbocycles. The maximum atomic E-state index is 11.9. The molecule has 0 aromatic heterocycles. The molecule has 3 nitrogen and oxygen atoms in total. The number of carbonyl (C=O) groups is 1. The highest BCUT2D eigenvalue weighted by Gasteiger charge is 2.01. The minimum absolute atomic E-state index is 0.166. The second-order valence-electron chi connectivity index (χ2n) is 4.45. The number of nitrogen functional groups attached to an aromatic ring is 1. The van der Waals surface area contributed by atoms with Crippen molar-refractivity contribution in [3.63, 3.8) is 0 Å². The molecule has 0 fully saturated rings. The van der Waals surface area contributed by atoms with Crippen LogP contribution in [0, 0.1) is 6.92 Å². The van der Waals surface area contributed by atoms with Gasteiger partial charge in [0, 0.05) is 21.9 Å². The van der Waals surface area contributed by atoms with Gasteiger partial charge in [-0.25, -0.2) is 0 Å². The first kappa shape index (κ1) is 14.3. The van der Waals surface area contributed by atoms with Crippen molar-refractivity contribution in [1.82, 2.24) is 0 Å². The SMILES string of the molecule is Cc1cc(N)ccc1NC(=O)/C=C/c1ccc(Br)cc1. The number of benzene rings is 2. The third-order valence-electron chi connectivity index (χ3n) is 2.81. The van der Waals surface area contributed by atoms with E-state index in [1.807, 2.05) is 37.3 Å². The van der Waals surface area contributed by atoms with Gasteiger partial charge in [0.2, 0.25) is 5.91 Å². The van der Waals surface area contributed by atoms with Crippen LogP contribution >= 0.6 is 15.9 Å². The van der Waals surface area contributed by atoms with Gasteiger partial charge in [-0.1, -0.05) is 28.1 Å². The Morgan fingerprint density at radius 3 is 2.55 bits per heavy atom. The highest BCUT2D eigenvalue weighted by Crippen LogP contribution is 2.17. The maximum Gasteiger partial charge on any atom is 0.248 e. The first-order valence-electron chi connectivity index (χ1n) is 6.15. The summed E-state index contributed by atoms with van der Waals surface area (Å²) in [6.07, 6.45) is 3.29. The number of amides is 1. The van der Waals surface area contributed by atoms with E-state index in [9.17, 15) is 4.79 Å². The lowest BCUT2D eigenvalue weighted by molar-refractivity contribution is -0.111. The van der Waals surface area contributed by atoms with Gasteiger partial charge in [0.05, 0.1) is 0 Å². The first-order chi connectivity index (χ1) is 9.54. The summed E-state index contributed by atoms with van der Waals surface area (Å²) in [5.41, 5.74) is 9.04. The van der Waals surface area contributed by atoms with E-state index in [4.69, 9.17) is 5.73 Å². The topological polar surface area (TPSA) is 55.1 Å². The Labute approximate surface area is 126 Å².